The molecule has 2 aromatic rings. The van der Waals surface area contributed by atoms with Gasteiger partial charge >= 0.3 is 0 Å². The van der Waals surface area contributed by atoms with Gasteiger partial charge in [0.15, 0.2) is 33.9 Å². The van der Waals surface area contributed by atoms with Crippen molar-refractivity contribution in [1.29, 1.82) is 0 Å². The molecule has 16 heteroatoms. The Kier molecular flexibility index (Phi) is 7.72. The SMILES string of the molecule is OC[C@H]1OC[C@](O)([C@]2(O)[C@H](O)[C@@H](O)CO[C@]2(CO)[C@]2(c3ccc(O)c(O)c3)Oc3cc(O)cc(O)c3C[C@@H]2O)[C@@H](O)[C@@H]1O. The van der Waals surface area contributed by atoms with Crippen molar-refractivity contribution in [1.82, 2.24) is 0 Å². The largest absolute Gasteiger partial charge is 0.508 e. The summed E-state index contributed by atoms with van der Waals surface area (Å²) < 4.78 is 17.3. The van der Waals surface area contributed by atoms with Gasteiger partial charge in [-0.1, -0.05) is 6.07 Å². The smallest absolute Gasteiger partial charge is 0.194 e. The molecule has 0 saturated carbocycles. The van der Waals surface area contributed by atoms with Gasteiger partial charge in [-0.3, -0.25) is 0 Å². The molecule has 0 aromatic heterocycles. The normalized spacial score (nSPS) is 41.3. The lowest BCUT2D eigenvalue weighted by molar-refractivity contribution is -0.418. The number of hydrogen-bond acceptors (Lipinski definition) is 16. The minimum Gasteiger partial charge on any atom is -0.508 e. The van der Waals surface area contributed by atoms with Crippen molar-refractivity contribution in [3.63, 3.8) is 0 Å². The van der Waals surface area contributed by atoms with Crippen molar-refractivity contribution >= 4 is 0 Å². The molecule has 0 spiro atoms. The molecule has 0 radical (unpaired) electrons. The maximum atomic E-state index is 12.6. The molecule has 43 heavy (non-hydrogen) atoms. The fourth-order valence-electron chi connectivity index (χ4n) is 6.71. The maximum Gasteiger partial charge on any atom is 0.194 e. The number of rotatable bonds is 5. The van der Waals surface area contributed by atoms with Crippen LogP contribution in [0.4, 0.5) is 0 Å². The molecule has 0 amide bonds. The number of fused-ring (bicyclic) bond motifs is 1. The van der Waals surface area contributed by atoms with E-state index in [9.17, 15) is 66.4 Å². The van der Waals surface area contributed by atoms with E-state index >= 15 is 0 Å². The van der Waals surface area contributed by atoms with Crippen molar-refractivity contribution in [3.8, 4) is 28.7 Å². The minimum atomic E-state index is -3.56. The van der Waals surface area contributed by atoms with E-state index < -0.39 is 115 Å². The molecule has 0 aliphatic carbocycles. The number of aromatic hydroxyl groups is 4. The molecule has 2 fully saturated rings. The molecule has 10 atom stereocenters. The zero-order chi connectivity index (χ0) is 31.7. The van der Waals surface area contributed by atoms with Crippen molar-refractivity contribution in [2.75, 3.05) is 26.4 Å². The van der Waals surface area contributed by atoms with E-state index in [1.165, 1.54) is 0 Å². The van der Waals surface area contributed by atoms with Crippen LogP contribution in [-0.4, -0.2) is 146 Å². The summed E-state index contributed by atoms with van der Waals surface area (Å²) in [4.78, 5) is 0. The van der Waals surface area contributed by atoms with Gasteiger partial charge in [-0.05, 0) is 12.1 Å². The Hall–Kier alpha value is -3.00. The zero-order valence-corrected chi connectivity index (χ0v) is 22.4. The van der Waals surface area contributed by atoms with Crippen LogP contribution >= 0.6 is 0 Å². The number of benzene rings is 2. The van der Waals surface area contributed by atoms with Gasteiger partial charge in [0, 0.05) is 29.7 Å². The van der Waals surface area contributed by atoms with Crippen LogP contribution in [-0.2, 0) is 21.5 Å². The van der Waals surface area contributed by atoms with Gasteiger partial charge in [0.25, 0.3) is 0 Å². The Labute approximate surface area is 243 Å². The van der Waals surface area contributed by atoms with E-state index in [0.29, 0.717) is 0 Å². The van der Waals surface area contributed by atoms with Crippen molar-refractivity contribution in [2.45, 2.75) is 65.4 Å². The third-order valence-corrected chi connectivity index (χ3v) is 8.99. The molecule has 16 nitrogen and oxygen atoms in total. The first-order valence-electron chi connectivity index (χ1n) is 13.2. The number of aliphatic hydroxyl groups is 9. The van der Waals surface area contributed by atoms with Crippen LogP contribution in [0.2, 0.25) is 0 Å². The number of phenolic OH excluding ortho intramolecular Hbond substituents is 4. The summed E-state index contributed by atoms with van der Waals surface area (Å²) in [5.41, 5.74) is -13.1. The molecule has 3 aliphatic heterocycles. The fraction of sp³-hybridized carbons (Fsp3) is 0.556. The summed E-state index contributed by atoms with van der Waals surface area (Å²) in [5, 5.41) is 142. The highest BCUT2D eigenvalue weighted by Gasteiger charge is 2.82. The molecule has 5 rings (SSSR count). The van der Waals surface area contributed by atoms with Crippen LogP contribution in [0.5, 0.6) is 28.7 Å². The number of ether oxygens (including phenoxy) is 3. The Morgan fingerprint density at radius 2 is 1.53 bits per heavy atom. The van der Waals surface area contributed by atoms with E-state index in [1.54, 1.807) is 0 Å². The summed E-state index contributed by atoms with van der Waals surface area (Å²) in [6.45, 7) is -4.37. The number of phenols is 4. The highest BCUT2D eigenvalue weighted by Crippen LogP contribution is 2.59. The van der Waals surface area contributed by atoms with E-state index in [0.717, 1.165) is 30.3 Å². The predicted octanol–water partition coefficient (Wildman–Crippen LogP) is -4.24. The average molecular weight is 615 g/mol. The summed E-state index contributed by atoms with van der Waals surface area (Å²) in [5.74, 6) is -2.87. The van der Waals surface area contributed by atoms with Crippen LogP contribution in [0.1, 0.15) is 11.1 Å². The Balaban J connectivity index is 1.86. The number of aliphatic hydroxyl groups excluding tert-OH is 7. The van der Waals surface area contributed by atoms with Gasteiger partial charge in [0.1, 0.15) is 53.9 Å². The van der Waals surface area contributed by atoms with E-state index in [-0.39, 0.29) is 16.9 Å². The van der Waals surface area contributed by atoms with Gasteiger partial charge in [0.05, 0.1) is 26.4 Å². The predicted molar refractivity (Wildman–Crippen MR) is 138 cm³/mol. The molecule has 0 bridgehead atoms. The summed E-state index contributed by atoms with van der Waals surface area (Å²) in [7, 11) is 0. The lowest BCUT2D eigenvalue weighted by Gasteiger charge is -2.66. The maximum absolute atomic E-state index is 12.6. The second kappa shape index (κ2) is 10.6. The lowest BCUT2D eigenvalue weighted by Crippen LogP contribution is -2.90. The number of hydrogen-bond donors (Lipinski definition) is 13. The monoisotopic (exact) mass is 614 g/mol. The van der Waals surface area contributed by atoms with Crippen molar-refractivity contribution in [3.05, 3.63) is 41.5 Å². The molecule has 0 unspecified atom stereocenters. The highest BCUT2D eigenvalue weighted by atomic mass is 16.6. The fourth-order valence-corrected chi connectivity index (χ4v) is 6.71. The third kappa shape index (κ3) is 4.04. The van der Waals surface area contributed by atoms with Gasteiger partial charge in [-0.2, -0.15) is 0 Å². The first-order valence-corrected chi connectivity index (χ1v) is 13.2. The van der Waals surface area contributed by atoms with Crippen LogP contribution in [0.25, 0.3) is 0 Å². The molecule has 2 saturated heterocycles. The lowest BCUT2D eigenvalue weighted by atomic mass is 9.53. The van der Waals surface area contributed by atoms with E-state index in [2.05, 4.69) is 0 Å². The second-order valence-electron chi connectivity index (χ2n) is 11.2. The summed E-state index contributed by atoms with van der Waals surface area (Å²) in [6, 6.07) is 4.80. The molecule has 2 aromatic carbocycles. The minimum absolute atomic E-state index is 0.0714. The molecule has 238 valence electrons. The third-order valence-electron chi connectivity index (χ3n) is 8.99. The van der Waals surface area contributed by atoms with Gasteiger partial charge in [0.2, 0.25) is 0 Å². The molecule has 3 aliphatic rings. The first kappa shape index (κ1) is 31.4. The quantitative estimate of drug-likeness (QED) is 0.142. The second-order valence-corrected chi connectivity index (χ2v) is 11.2. The highest BCUT2D eigenvalue weighted by molar-refractivity contribution is 5.55. The van der Waals surface area contributed by atoms with Crippen molar-refractivity contribution in [2.24, 2.45) is 0 Å². The molecule has 3 heterocycles. The van der Waals surface area contributed by atoms with Gasteiger partial charge < -0.3 is 80.6 Å². The first-order chi connectivity index (χ1) is 20.1. The average Bonchev–Trinajstić information content (AvgIpc) is 2.97. The molecular formula is C27H34O16. The van der Waals surface area contributed by atoms with Crippen LogP contribution < -0.4 is 4.74 Å². The Morgan fingerprint density at radius 3 is 2.16 bits per heavy atom. The summed E-state index contributed by atoms with van der Waals surface area (Å²) >= 11 is 0. The van der Waals surface area contributed by atoms with Crippen LogP contribution in [0.3, 0.4) is 0 Å². The topological polar surface area (TPSA) is 291 Å². The van der Waals surface area contributed by atoms with Gasteiger partial charge in [-0.25, -0.2) is 0 Å². The zero-order valence-electron chi connectivity index (χ0n) is 22.4. The van der Waals surface area contributed by atoms with Gasteiger partial charge in [-0.15, -0.1) is 0 Å². The standard InChI is InChI=1S/C27H34O16/c28-7-19-21(36)23(38)24(39,10-41-19)27(40)22(37)17(34)8-42-25(27,9-29)26(11-1-2-14(31)16(33)3-11)20(35)6-13-15(32)4-12(30)5-18(13)43-26/h1-5,17,19-23,28-40H,6-10H2/t17-,19+,20-,21+,22+,23-,24+,25+,26+,27+/m0/s1. The molecular weight excluding hydrogens is 580 g/mol. The van der Waals surface area contributed by atoms with E-state index in [1.807, 2.05) is 0 Å². The Morgan fingerprint density at radius 1 is 0.837 bits per heavy atom. The van der Waals surface area contributed by atoms with Crippen molar-refractivity contribution < 1.29 is 80.6 Å². The Bertz CT molecular complexity index is 1370. The molecule has 13 N–H and O–H groups in total. The van der Waals surface area contributed by atoms with E-state index in [4.69, 9.17) is 14.2 Å². The van der Waals surface area contributed by atoms with Crippen LogP contribution in [0.15, 0.2) is 30.3 Å². The van der Waals surface area contributed by atoms with Crippen LogP contribution in [0, 0.1) is 0 Å². The summed E-state index contributed by atoms with van der Waals surface area (Å²) in [6.07, 6.45) is -13.3.